The second-order valence-electron chi connectivity index (χ2n) is 4.81. The van der Waals surface area contributed by atoms with Crippen molar-refractivity contribution >= 4 is 23.2 Å². The molecule has 0 fully saturated rings. The smallest absolute Gasteiger partial charge is 0.123 e. The molecular formula is C15H14Cl2FN. The molecule has 2 aromatic carbocycles. The van der Waals surface area contributed by atoms with Gasteiger partial charge in [0.05, 0.1) is 10.0 Å². The number of hydrogen-bond acceptors (Lipinski definition) is 1. The fraction of sp³-hybridized carbons (Fsp3) is 0.200. The zero-order chi connectivity index (χ0) is 14.0. The van der Waals surface area contributed by atoms with E-state index in [1.165, 1.54) is 12.1 Å². The van der Waals surface area contributed by atoms with Gasteiger partial charge < -0.3 is 5.73 Å². The first-order valence-electron chi connectivity index (χ1n) is 5.88. The van der Waals surface area contributed by atoms with E-state index in [2.05, 4.69) is 0 Å². The molecule has 0 spiro atoms. The summed E-state index contributed by atoms with van der Waals surface area (Å²) in [6, 6.07) is 11.6. The number of hydrogen-bond donors (Lipinski definition) is 1. The van der Waals surface area contributed by atoms with Gasteiger partial charge in [0.1, 0.15) is 5.82 Å². The van der Waals surface area contributed by atoms with Crippen molar-refractivity contribution in [2.75, 3.05) is 0 Å². The Morgan fingerprint density at radius 3 is 2.37 bits per heavy atom. The molecule has 19 heavy (non-hydrogen) atoms. The maximum atomic E-state index is 12.9. The molecule has 0 aliphatic heterocycles. The van der Waals surface area contributed by atoms with E-state index in [1.807, 2.05) is 19.1 Å². The third-order valence-electron chi connectivity index (χ3n) is 3.09. The minimum Gasteiger partial charge on any atom is -0.321 e. The normalized spacial score (nSPS) is 14.2. The monoisotopic (exact) mass is 297 g/mol. The highest BCUT2D eigenvalue weighted by Gasteiger charge is 2.23. The van der Waals surface area contributed by atoms with Crippen LogP contribution < -0.4 is 5.73 Å². The lowest BCUT2D eigenvalue weighted by molar-refractivity contribution is 0.490. The Labute approximate surface area is 122 Å². The summed E-state index contributed by atoms with van der Waals surface area (Å²) in [7, 11) is 0. The van der Waals surface area contributed by atoms with Gasteiger partial charge in [-0.05, 0) is 42.7 Å². The van der Waals surface area contributed by atoms with Crippen LogP contribution in [0.15, 0.2) is 42.5 Å². The molecule has 0 aliphatic rings. The van der Waals surface area contributed by atoms with Crippen molar-refractivity contribution in [2.24, 2.45) is 5.73 Å². The molecule has 4 heteroatoms. The molecule has 2 rings (SSSR count). The Morgan fingerprint density at radius 1 is 1.11 bits per heavy atom. The van der Waals surface area contributed by atoms with Crippen molar-refractivity contribution in [2.45, 2.75) is 18.9 Å². The van der Waals surface area contributed by atoms with Crippen LogP contribution in [0.5, 0.6) is 0 Å². The predicted octanol–water partition coefficient (Wildman–Crippen LogP) is 4.55. The molecule has 1 unspecified atom stereocenters. The summed E-state index contributed by atoms with van der Waals surface area (Å²) < 4.78 is 12.9. The average Bonchev–Trinajstić information content (AvgIpc) is 2.35. The molecular weight excluding hydrogens is 284 g/mol. The van der Waals surface area contributed by atoms with Gasteiger partial charge in [-0.2, -0.15) is 0 Å². The van der Waals surface area contributed by atoms with Gasteiger partial charge in [-0.25, -0.2) is 4.39 Å². The zero-order valence-corrected chi connectivity index (χ0v) is 12.0. The SMILES string of the molecule is CC(N)(Cc1cccc(Cl)c1Cl)c1ccc(F)cc1. The molecule has 1 nitrogen and oxygen atoms in total. The van der Waals surface area contributed by atoms with Crippen LogP contribution in [0.3, 0.4) is 0 Å². The zero-order valence-electron chi connectivity index (χ0n) is 10.5. The Balaban J connectivity index is 2.30. The van der Waals surface area contributed by atoms with Crippen LogP contribution in [-0.4, -0.2) is 0 Å². The summed E-state index contributed by atoms with van der Waals surface area (Å²) >= 11 is 12.2. The van der Waals surface area contributed by atoms with Gasteiger partial charge in [0.25, 0.3) is 0 Å². The van der Waals surface area contributed by atoms with Crippen LogP contribution in [0, 0.1) is 5.82 Å². The summed E-state index contributed by atoms with van der Waals surface area (Å²) in [5.74, 6) is -0.277. The van der Waals surface area contributed by atoms with Crippen molar-refractivity contribution in [1.29, 1.82) is 0 Å². The molecule has 0 aromatic heterocycles. The number of benzene rings is 2. The Hall–Kier alpha value is -1.09. The fourth-order valence-corrected chi connectivity index (χ4v) is 2.40. The van der Waals surface area contributed by atoms with Gasteiger partial charge in [0.15, 0.2) is 0 Å². The van der Waals surface area contributed by atoms with Crippen molar-refractivity contribution in [1.82, 2.24) is 0 Å². The van der Waals surface area contributed by atoms with E-state index >= 15 is 0 Å². The maximum Gasteiger partial charge on any atom is 0.123 e. The Morgan fingerprint density at radius 2 is 1.74 bits per heavy atom. The van der Waals surface area contributed by atoms with Gasteiger partial charge >= 0.3 is 0 Å². The molecule has 1 atom stereocenters. The lowest BCUT2D eigenvalue weighted by atomic mass is 9.86. The van der Waals surface area contributed by atoms with Crippen molar-refractivity contribution in [3.63, 3.8) is 0 Å². The first kappa shape index (κ1) is 14.3. The third kappa shape index (κ3) is 3.27. The third-order valence-corrected chi connectivity index (χ3v) is 3.95. The van der Waals surface area contributed by atoms with Crippen molar-refractivity contribution in [3.8, 4) is 0 Å². The lowest BCUT2D eigenvalue weighted by Crippen LogP contribution is -2.35. The van der Waals surface area contributed by atoms with Gasteiger partial charge in [0.2, 0.25) is 0 Å². The van der Waals surface area contributed by atoms with Crippen LogP contribution in [0.25, 0.3) is 0 Å². The summed E-state index contributed by atoms with van der Waals surface area (Å²) in [5, 5.41) is 1.03. The topological polar surface area (TPSA) is 26.0 Å². The average molecular weight is 298 g/mol. The summed E-state index contributed by atoms with van der Waals surface area (Å²) in [6.07, 6.45) is 0.526. The highest BCUT2D eigenvalue weighted by Crippen LogP contribution is 2.30. The number of halogens is 3. The van der Waals surface area contributed by atoms with E-state index in [1.54, 1.807) is 18.2 Å². The van der Waals surface area contributed by atoms with E-state index in [4.69, 9.17) is 28.9 Å². The number of rotatable bonds is 3. The van der Waals surface area contributed by atoms with Crippen molar-refractivity contribution in [3.05, 3.63) is 69.5 Å². The van der Waals surface area contributed by atoms with E-state index in [0.29, 0.717) is 16.5 Å². The molecule has 0 heterocycles. The van der Waals surface area contributed by atoms with E-state index in [0.717, 1.165) is 11.1 Å². The van der Waals surface area contributed by atoms with Crippen LogP contribution in [0.2, 0.25) is 10.0 Å². The second kappa shape index (κ2) is 5.49. The van der Waals surface area contributed by atoms with Gasteiger partial charge in [-0.15, -0.1) is 0 Å². The molecule has 0 bridgehead atoms. The predicted molar refractivity (Wildman–Crippen MR) is 78.1 cm³/mol. The molecule has 0 saturated carbocycles. The molecule has 0 saturated heterocycles. The first-order chi connectivity index (χ1) is 8.90. The van der Waals surface area contributed by atoms with E-state index in [9.17, 15) is 4.39 Å². The summed E-state index contributed by atoms with van der Waals surface area (Å²) in [6.45, 7) is 1.89. The molecule has 0 aliphatic carbocycles. The second-order valence-corrected chi connectivity index (χ2v) is 5.60. The molecule has 0 amide bonds. The summed E-state index contributed by atoms with van der Waals surface area (Å²) in [5.41, 5.74) is 7.41. The minimum absolute atomic E-state index is 0.277. The van der Waals surface area contributed by atoms with Crippen molar-refractivity contribution < 1.29 is 4.39 Å². The van der Waals surface area contributed by atoms with Crippen LogP contribution in [0.1, 0.15) is 18.1 Å². The number of nitrogens with two attached hydrogens (primary N) is 1. The van der Waals surface area contributed by atoms with E-state index < -0.39 is 5.54 Å². The molecule has 0 radical (unpaired) electrons. The first-order valence-corrected chi connectivity index (χ1v) is 6.63. The fourth-order valence-electron chi connectivity index (χ4n) is 2.01. The standard InChI is InChI=1S/C15H14Cl2FN/c1-15(19,11-5-7-12(18)8-6-11)9-10-3-2-4-13(16)14(10)17/h2-8H,9,19H2,1H3. The quantitative estimate of drug-likeness (QED) is 0.884. The van der Waals surface area contributed by atoms with Gasteiger partial charge in [-0.3, -0.25) is 0 Å². The lowest BCUT2D eigenvalue weighted by Gasteiger charge is -2.26. The van der Waals surface area contributed by atoms with Crippen LogP contribution >= 0.6 is 23.2 Å². The maximum absolute atomic E-state index is 12.9. The largest absolute Gasteiger partial charge is 0.321 e. The highest BCUT2D eigenvalue weighted by atomic mass is 35.5. The molecule has 2 aromatic rings. The van der Waals surface area contributed by atoms with E-state index in [-0.39, 0.29) is 5.82 Å². The Kier molecular flexibility index (Phi) is 4.14. The van der Waals surface area contributed by atoms with Crippen LogP contribution in [0.4, 0.5) is 4.39 Å². The van der Waals surface area contributed by atoms with Crippen LogP contribution in [-0.2, 0) is 12.0 Å². The van der Waals surface area contributed by atoms with Gasteiger partial charge in [0, 0.05) is 5.54 Å². The summed E-state index contributed by atoms with van der Waals surface area (Å²) in [4.78, 5) is 0. The minimum atomic E-state index is -0.637. The molecule has 100 valence electrons. The van der Waals surface area contributed by atoms with Gasteiger partial charge in [-0.1, -0.05) is 47.5 Å². The Bertz CT molecular complexity index is 579. The molecule has 2 N–H and O–H groups in total. The highest BCUT2D eigenvalue weighted by molar-refractivity contribution is 6.42.